The summed E-state index contributed by atoms with van der Waals surface area (Å²) in [6, 6.07) is 8.83. The van der Waals surface area contributed by atoms with Crippen LogP contribution in [-0.2, 0) is 11.2 Å². The van der Waals surface area contributed by atoms with E-state index in [4.69, 9.17) is 0 Å². The molecule has 1 aromatic rings. The summed E-state index contributed by atoms with van der Waals surface area (Å²) in [5.74, 6) is 1.13. The van der Waals surface area contributed by atoms with Gasteiger partial charge >= 0.3 is 0 Å². The SMILES string of the molecule is CC(CC1CCCC1)C(=O)NCC1NCCc2ccccc21.Cl. The number of carbonyl (C=O) groups is 1. The summed E-state index contributed by atoms with van der Waals surface area (Å²) in [4.78, 5) is 12.3. The number of carbonyl (C=O) groups excluding carboxylic acids is 1. The van der Waals surface area contributed by atoms with E-state index in [1.807, 2.05) is 0 Å². The second-order valence-corrected chi connectivity index (χ2v) is 6.99. The number of halogens is 1. The van der Waals surface area contributed by atoms with Crippen LogP contribution >= 0.6 is 12.4 Å². The molecule has 2 aliphatic rings. The fraction of sp³-hybridized carbons (Fsp3) is 0.632. The Labute approximate surface area is 146 Å². The quantitative estimate of drug-likeness (QED) is 0.862. The van der Waals surface area contributed by atoms with Crippen molar-refractivity contribution in [2.75, 3.05) is 13.1 Å². The highest BCUT2D eigenvalue weighted by atomic mass is 35.5. The maximum atomic E-state index is 12.3. The van der Waals surface area contributed by atoms with Gasteiger partial charge in [-0.05, 0) is 36.4 Å². The first-order valence-corrected chi connectivity index (χ1v) is 8.83. The van der Waals surface area contributed by atoms with Gasteiger partial charge in [0, 0.05) is 18.5 Å². The second-order valence-electron chi connectivity index (χ2n) is 6.99. The largest absolute Gasteiger partial charge is 0.354 e. The molecule has 3 rings (SSSR count). The van der Waals surface area contributed by atoms with Crippen molar-refractivity contribution in [3.63, 3.8) is 0 Å². The highest BCUT2D eigenvalue weighted by Gasteiger charge is 2.24. The van der Waals surface area contributed by atoms with Crippen LogP contribution in [0.4, 0.5) is 0 Å². The standard InChI is InChI=1S/C19H28N2O.ClH/c1-14(12-15-6-2-3-7-15)19(22)21-13-18-17-9-5-4-8-16(17)10-11-20-18;/h4-5,8-9,14-15,18,20H,2-3,6-7,10-13H2,1H3,(H,21,22);1H. The van der Waals surface area contributed by atoms with Crippen molar-refractivity contribution in [3.8, 4) is 0 Å². The first-order chi connectivity index (χ1) is 10.7. The monoisotopic (exact) mass is 336 g/mol. The number of rotatable bonds is 5. The zero-order chi connectivity index (χ0) is 15.4. The number of amides is 1. The lowest BCUT2D eigenvalue weighted by molar-refractivity contribution is -0.125. The molecule has 4 heteroatoms. The first-order valence-electron chi connectivity index (χ1n) is 8.83. The van der Waals surface area contributed by atoms with Gasteiger partial charge in [0.2, 0.25) is 5.91 Å². The Morgan fingerprint density at radius 3 is 2.83 bits per heavy atom. The van der Waals surface area contributed by atoms with E-state index < -0.39 is 0 Å². The molecule has 1 amide bonds. The molecular weight excluding hydrogens is 308 g/mol. The maximum Gasteiger partial charge on any atom is 0.222 e. The van der Waals surface area contributed by atoms with Crippen molar-refractivity contribution >= 4 is 18.3 Å². The zero-order valence-electron chi connectivity index (χ0n) is 14.0. The van der Waals surface area contributed by atoms with Crippen molar-refractivity contribution in [1.82, 2.24) is 10.6 Å². The highest BCUT2D eigenvalue weighted by molar-refractivity contribution is 5.85. The van der Waals surface area contributed by atoms with Gasteiger partial charge in [-0.15, -0.1) is 12.4 Å². The topological polar surface area (TPSA) is 41.1 Å². The summed E-state index contributed by atoms with van der Waals surface area (Å²) in [6.45, 7) is 3.77. The number of fused-ring (bicyclic) bond motifs is 1. The molecule has 0 radical (unpaired) electrons. The van der Waals surface area contributed by atoms with Gasteiger partial charge in [-0.1, -0.05) is 56.9 Å². The molecule has 0 spiro atoms. The number of benzene rings is 1. The van der Waals surface area contributed by atoms with Crippen molar-refractivity contribution in [2.24, 2.45) is 11.8 Å². The van der Waals surface area contributed by atoms with E-state index in [9.17, 15) is 4.79 Å². The van der Waals surface area contributed by atoms with E-state index in [-0.39, 0.29) is 30.3 Å². The smallest absolute Gasteiger partial charge is 0.222 e. The van der Waals surface area contributed by atoms with Gasteiger partial charge in [0.15, 0.2) is 0 Å². The molecule has 0 bridgehead atoms. The van der Waals surface area contributed by atoms with Crippen LogP contribution in [0.1, 0.15) is 56.2 Å². The molecule has 1 aliphatic carbocycles. The van der Waals surface area contributed by atoms with Crippen LogP contribution in [0, 0.1) is 11.8 Å². The molecule has 23 heavy (non-hydrogen) atoms. The lowest BCUT2D eigenvalue weighted by Gasteiger charge is -2.27. The Morgan fingerprint density at radius 2 is 2.04 bits per heavy atom. The molecule has 1 aliphatic heterocycles. The van der Waals surface area contributed by atoms with E-state index in [0.717, 1.165) is 25.3 Å². The molecule has 1 heterocycles. The molecule has 2 atom stereocenters. The van der Waals surface area contributed by atoms with Crippen LogP contribution < -0.4 is 10.6 Å². The minimum Gasteiger partial charge on any atom is -0.354 e. The average Bonchev–Trinajstić information content (AvgIpc) is 3.05. The van der Waals surface area contributed by atoms with Crippen LogP contribution in [0.2, 0.25) is 0 Å². The third-order valence-electron chi connectivity index (χ3n) is 5.31. The van der Waals surface area contributed by atoms with Crippen molar-refractivity contribution in [1.29, 1.82) is 0 Å². The number of nitrogens with one attached hydrogen (secondary N) is 2. The lowest BCUT2D eigenvalue weighted by Crippen LogP contribution is -2.40. The third kappa shape index (κ3) is 4.71. The molecule has 2 unspecified atom stereocenters. The Hall–Kier alpha value is -1.06. The van der Waals surface area contributed by atoms with E-state index in [1.165, 1.54) is 36.8 Å². The van der Waals surface area contributed by atoms with Crippen LogP contribution in [0.15, 0.2) is 24.3 Å². The van der Waals surface area contributed by atoms with Crippen LogP contribution in [0.3, 0.4) is 0 Å². The second kappa shape index (κ2) is 8.70. The van der Waals surface area contributed by atoms with Gasteiger partial charge in [-0.3, -0.25) is 4.79 Å². The Morgan fingerprint density at radius 1 is 1.30 bits per heavy atom. The Balaban J connectivity index is 0.00000192. The average molecular weight is 337 g/mol. The van der Waals surface area contributed by atoms with Gasteiger partial charge in [0.25, 0.3) is 0 Å². The summed E-state index contributed by atoms with van der Waals surface area (Å²) < 4.78 is 0. The Kier molecular flexibility index (Phi) is 6.91. The van der Waals surface area contributed by atoms with Crippen LogP contribution in [-0.4, -0.2) is 19.0 Å². The van der Waals surface area contributed by atoms with Crippen LogP contribution in [0.25, 0.3) is 0 Å². The summed E-state index contributed by atoms with van der Waals surface area (Å²) in [7, 11) is 0. The molecule has 2 N–H and O–H groups in total. The minimum absolute atomic E-state index is 0. The maximum absolute atomic E-state index is 12.3. The predicted molar refractivity (Wildman–Crippen MR) is 96.9 cm³/mol. The van der Waals surface area contributed by atoms with Gasteiger partial charge in [0.1, 0.15) is 0 Å². The molecule has 1 fully saturated rings. The van der Waals surface area contributed by atoms with Crippen molar-refractivity contribution in [2.45, 2.75) is 51.5 Å². The molecule has 0 aromatic heterocycles. The van der Waals surface area contributed by atoms with Gasteiger partial charge in [-0.2, -0.15) is 0 Å². The van der Waals surface area contributed by atoms with Gasteiger partial charge in [-0.25, -0.2) is 0 Å². The summed E-state index contributed by atoms with van der Waals surface area (Å²) >= 11 is 0. The van der Waals surface area contributed by atoms with Gasteiger partial charge < -0.3 is 10.6 Å². The number of hydrogen-bond donors (Lipinski definition) is 2. The Bertz CT molecular complexity index is 514. The lowest BCUT2D eigenvalue weighted by atomic mass is 9.93. The molecule has 0 saturated heterocycles. The minimum atomic E-state index is 0. The van der Waals surface area contributed by atoms with E-state index in [2.05, 4.69) is 41.8 Å². The van der Waals surface area contributed by atoms with Crippen molar-refractivity contribution in [3.05, 3.63) is 35.4 Å². The summed E-state index contributed by atoms with van der Waals surface area (Å²) in [5.41, 5.74) is 2.76. The first kappa shape index (κ1) is 18.3. The molecule has 128 valence electrons. The summed E-state index contributed by atoms with van der Waals surface area (Å²) in [6.07, 6.45) is 7.47. The van der Waals surface area contributed by atoms with E-state index >= 15 is 0 Å². The molecule has 1 saturated carbocycles. The fourth-order valence-electron chi connectivity index (χ4n) is 4.00. The highest BCUT2D eigenvalue weighted by Crippen LogP contribution is 2.30. The third-order valence-corrected chi connectivity index (χ3v) is 5.31. The fourth-order valence-corrected chi connectivity index (χ4v) is 4.00. The molecular formula is C19H29ClN2O. The molecule has 3 nitrogen and oxygen atoms in total. The normalized spacial score (nSPS) is 22.0. The molecule has 1 aromatic carbocycles. The van der Waals surface area contributed by atoms with Gasteiger partial charge in [0.05, 0.1) is 0 Å². The summed E-state index contributed by atoms with van der Waals surface area (Å²) in [5, 5.41) is 6.69. The van der Waals surface area contributed by atoms with Crippen molar-refractivity contribution < 1.29 is 4.79 Å². The van der Waals surface area contributed by atoms with E-state index in [0.29, 0.717) is 6.54 Å². The van der Waals surface area contributed by atoms with Crippen LogP contribution in [0.5, 0.6) is 0 Å². The zero-order valence-corrected chi connectivity index (χ0v) is 14.8. The van der Waals surface area contributed by atoms with E-state index in [1.54, 1.807) is 0 Å². The number of hydrogen-bond acceptors (Lipinski definition) is 2. The predicted octanol–water partition coefficient (Wildman–Crippen LogP) is 3.63.